The summed E-state index contributed by atoms with van der Waals surface area (Å²) in [4.78, 5) is 10.7. The molecule has 19 heavy (non-hydrogen) atoms. The second-order valence-corrected chi connectivity index (χ2v) is 4.40. The Balaban J connectivity index is 2.19. The number of hydrogen-bond acceptors (Lipinski definition) is 5. The van der Waals surface area contributed by atoms with Crippen LogP contribution in [-0.4, -0.2) is 21.3 Å². The van der Waals surface area contributed by atoms with E-state index in [1.54, 1.807) is 0 Å². The highest BCUT2D eigenvalue weighted by molar-refractivity contribution is 7.15. The molecule has 0 radical (unpaired) electrons. The highest BCUT2D eigenvalue weighted by Gasteiger charge is 2.35. The zero-order chi connectivity index (χ0) is 14.0. The number of aromatic carboxylic acids is 1. The molecule has 2 aromatic rings. The molecule has 0 saturated carbocycles. The molecule has 0 aliphatic heterocycles. The topological polar surface area (TPSA) is 75.1 Å². The molecule has 2 rings (SSSR count). The number of anilines is 2. The van der Waals surface area contributed by atoms with Gasteiger partial charge in [0.15, 0.2) is 0 Å². The quantitative estimate of drug-likeness (QED) is 0.908. The molecule has 1 heterocycles. The van der Waals surface area contributed by atoms with Crippen molar-refractivity contribution in [1.82, 2.24) is 10.2 Å². The van der Waals surface area contributed by atoms with Crippen LogP contribution in [0, 0.1) is 0 Å². The number of halogens is 3. The molecule has 2 N–H and O–H groups in total. The van der Waals surface area contributed by atoms with Crippen molar-refractivity contribution in [2.75, 3.05) is 5.32 Å². The van der Waals surface area contributed by atoms with Crippen LogP contribution in [0.1, 0.15) is 15.4 Å². The number of carboxylic acids is 1. The zero-order valence-electron chi connectivity index (χ0n) is 9.10. The minimum Gasteiger partial charge on any atom is -0.478 e. The maximum absolute atomic E-state index is 12.3. The predicted octanol–water partition coefficient (Wildman–Crippen LogP) is 3.00. The number of aromatic nitrogens is 2. The molecule has 0 spiro atoms. The van der Waals surface area contributed by atoms with Crippen LogP contribution in [0.25, 0.3) is 0 Å². The van der Waals surface area contributed by atoms with E-state index >= 15 is 0 Å². The first-order valence-corrected chi connectivity index (χ1v) is 5.69. The average molecular weight is 289 g/mol. The number of nitrogens with zero attached hydrogens (tertiary/aromatic N) is 2. The molecule has 5 nitrogen and oxygen atoms in total. The number of carbonyl (C=O) groups is 1. The van der Waals surface area contributed by atoms with Crippen molar-refractivity contribution in [3.05, 3.63) is 34.8 Å². The summed E-state index contributed by atoms with van der Waals surface area (Å²) in [6, 6.07) is 5.64. The first kappa shape index (κ1) is 13.3. The van der Waals surface area contributed by atoms with Crippen LogP contribution in [0.3, 0.4) is 0 Å². The number of alkyl halides is 3. The van der Waals surface area contributed by atoms with Crippen LogP contribution in [0.2, 0.25) is 0 Å². The van der Waals surface area contributed by atoms with E-state index in [4.69, 9.17) is 5.11 Å². The summed E-state index contributed by atoms with van der Waals surface area (Å²) >= 11 is 0.343. The lowest BCUT2D eigenvalue weighted by Crippen LogP contribution is -2.03. The normalized spacial score (nSPS) is 11.3. The lowest BCUT2D eigenvalue weighted by molar-refractivity contribution is -0.138. The Morgan fingerprint density at radius 3 is 2.63 bits per heavy atom. The molecule has 0 atom stereocenters. The first-order valence-electron chi connectivity index (χ1n) is 4.87. The van der Waals surface area contributed by atoms with Crippen molar-refractivity contribution in [2.24, 2.45) is 0 Å². The highest BCUT2D eigenvalue weighted by Crippen LogP contribution is 2.33. The summed E-state index contributed by atoms with van der Waals surface area (Å²) in [6.07, 6.45) is -4.54. The van der Waals surface area contributed by atoms with Gasteiger partial charge in [0.2, 0.25) is 10.1 Å². The zero-order valence-corrected chi connectivity index (χ0v) is 9.92. The molecule has 0 fully saturated rings. The molecule has 0 bridgehead atoms. The second-order valence-electron chi connectivity index (χ2n) is 3.42. The van der Waals surface area contributed by atoms with Crippen molar-refractivity contribution in [1.29, 1.82) is 0 Å². The number of benzene rings is 1. The van der Waals surface area contributed by atoms with Crippen molar-refractivity contribution in [3.63, 3.8) is 0 Å². The third-order valence-electron chi connectivity index (χ3n) is 2.03. The second kappa shape index (κ2) is 4.84. The van der Waals surface area contributed by atoms with E-state index in [9.17, 15) is 18.0 Å². The Labute approximate surface area is 108 Å². The largest absolute Gasteiger partial charge is 0.478 e. The predicted molar refractivity (Wildman–Crippen MR) is 61.6 cm³/mol. The minimum absolute atomic E-state index is 0.0190. The summed E-state index contributed by atoms with van der Waals surface area (Å²) in [5, 5.41) is 16.6. The lowest BCUT2D eigenvalue weighted by atomic mass is 10.2. The molecular formula is C10H6F3N3O2S. The van der Waals surface area contributed by atoms with E-state index in [-0.39, 0.29) is 10.7 Å². The van der Waals surface area contributed by atoms with Gasteiger partial charge in [0.1, 0.15) is 0 Å². The summed E-state index contributed by atoms with van der Waals surface area (Å²) < 4.78 is 36.9. The molecule has 1 aromatic heterocycles. The third-order valence-corrected chi connectivity index (χ3v) is 2.91. The van der Waals surface area contributed by atoms with Gasteiger partial charge in [0.25, 0.3) is 0 Å². The van der Waals surface area contributed by atoms with Crippen LogP contribution in [0.5, 0.6) is 0 Å². The summed E-state index contributed by atoms with van der Waals surface area (Å²) in [5.74, 6) is -1.13. The molecule has 100 valence electrons. The number of nitrogens with one attached hydrogen (secondary N) is 1. The SMILES string of the molecule is O=C(O)c1cccc(Nc2nnc(C(F)(F)F)s2)c1. The Hall–Kier alpha value is -2.16. The first-order chi connectivity index (χ1) is 8.86. The monoisotopic (exact) mass is 289 g/mol. The van der Waals surface area contributed by atoms with Gasteiger partial charge in [-0.05, 0) is 18.2 Å². The highest BCUT2D eigenvalue weighted by atomic mass is 32.1. The summed E-state index contributed by atoms with van der Waals surface area (Å²) in [5.41, 5.74) is 0.343. The third kappa shape index (κ3) is 3.19. The van der Waals surface area contributed by atoms with E-state index in [0.717, 1.165) is 0 Å². The average Bonchev–Trinajstić information content (AvgIpc) is 2.77. The van der Waals surface area contributed by atoms with Gasteiger partial charge in [0.05, 0.1) is 5.56 Å². The molecule has 0 saturated heterocycles. The van der Waals surface area contributed by atoms with Crippen LogP contribution in [-0.2, 0) is 6.18 Å². The van der Waals surface area contributed by atoms with Gasteiger partial charge in [-0.3, -0.25) is 0 Å². The molecule has 0 unspecified atom stereocenters. The number of rotatable bonds is 3. The molecule has 0 amide bonds. The van der Waals surface area contributed by atoms with Gasteiger partial charge < -0.3 is 10.4 Å². The Morgan fingerprint density at radius 2 is 2.05 bits per heavy atom. The van der Waals surface area contributed by atoms with Gasteiger partial charge in [-0.2, -0.15) is 13.2 Å². The van der Waals surface area contributed by atoms with Gasteiger partial charge in [-0.25, -0.2) is 4.79 Å². The van der Waals surface area contributed by atoms with Crippen LogP contribution < -0.4 is 5.32 Å². The van der Waals surface area contributed by atoms with Gasteiger partial charge in [-0.1, -0.05) is 17.4 Å². The standard InChI is InChI=1S/C10H6F3N3O2S/c11-10(12,13)8-15-16-9(19-8)14-6-3-1-2-5(4-6)7(17)18/h1-4H,(H,14,16)(H,17,18). The minimum atomic E-state index is -4.54. The molecular weight excluding hydrogens is 283 g/mol. The van der Waals surface area contributed by atoms with Crippen molar-refractivity contribution < 1.29 is 23.1 Å². The molecule has 1 aromatic carbocycles. The number of carboxylic acid groups (broad SMARTS) is 1. The van der Waals surface area contributed by atoms with Gasteiger partial charge >= 0.3 is 12.1 Å². The summed E-state index contributed by atoms with van der Waals surface area (Å²) in [6.45, 7) is 0. The van der Waals surface area contributed by atoms with E-state index in [1.165, 1.54) is 24.3 Å². The fourth-order valence-corrected chi connectivity index (χ4v) is 1.87. The van der Waals surface area contributed by atoms with Gasteiger partial charge in [-0.15, -0.1) is 10.2 Å². The fourth-order valence-electron chi connectivity index (χ4n) is 1.24. The molecule has 0 aliphatic carbocycles. The van der Waals surface area contributed by atoms with Crippen LogP contribution in [0.15, 0.2) is 24.3 Å². The van der Waals surface area contributed by atoms with E-state index < -0.39 is 17.2 Å². The van der Waals surface area contributed by atoms with E-state index in [1.807, 2.05) is 0 Å². The van der Waals surface area contributed by atoms with Gasteiger partial charge in [0, 0.05) is 5.69 Å². The van der Waals surface area contributed by atoms with Crippen molar-refractivity contribution >= 4 is 28.1 Å². The Bertz CT molecular complexity index is 612. The van der Waals surface area contributed by atoms with Crippen molar-refractivity contribution in [2.45, 2.75) is 6.18 Å². The summed E-state index contributed by atoms with van der Waals surface area (Å²) in [7, 11) is 0. The van der Waals surface area contributed by atoms with Crippen LogP contribution in [0.4, 0.5) is 24.0 Å². The maximum atomic E-state index is 12.3. The van der Waals surface area contributed by atoms with Crippen LogP contribution >= 0.6 is 11.3 Å². The molecule has 9 heteroatoms. The number of hydrogen-bond donors (Lipinski definition) is 2. The van der Waals surface area contributed by atoms with E-state index in [0.29, 0.717) is 17.0 Å². The smallest absolute Gasteiger partial charge is 0.445 e. The Morgan fingerprint density at radius 1 is 1.32 bits per heavy atom. The van der Waals surface area contributed by atoms with Crippen molar-refractivity contribution in [3.8, 4) is 0 Å². The maximum Gasteiger partial charge on any atom is 0.445 e. The van der Waals surface area contributed by atoms with E-state index in [2.05, 4.69) is 15.5 Å². The Kier molecular flexibility index (Phi) is 3.38. The molecule has 0 aliphatic rings. The fraction of sp³-hybridized carbons (Fsp3) is 0.100. The lowest BCUT2D eigenvalue weighted by Gasteiger charge is -2.02.